The lowest BCUT2D eigenvalue weighted by Crippen LogP contribution is -2.38. The van der Waals surface area contributed by atoms with Gasteiger partial charge in [0, 0.05) is 18.7 Å². The summed E-state index contributed by atoms with van der Waals surface area (Å²) >= 11 is 0. The van der Waals surface area contributed by atoms with Gasteiger partial charge in [-0.25, -0.2) is 12.7 Å². The van der Waals surface area contributed by atoms with Crippen LogP contribution in [-0.4, -0.2) is 42.3 Å². The van der Waals surface area contributed by atoms with Crippen molar-refractivity contribution in [2.45, 2.75) is 24.9 Å². The molecule has 0 amide bonds. The van der Waals surface area contributed by atoms with Crippen LogP contribution >= 0.6 is 0 Å². The second kappa shape index (κ2) is 6.41. The zero-order valence-corrected chi connectivity index (χ0v) is 14.1. The Hall–Kier alpha value is -1.94. The summed E-state index contributed by atoms with van der Waals surface area (Å²) in [5.41, 5.74) is -0.380. The Kier molecular flexibility index (Phi) is 4.58. The van der Waals surface area contributed by atoms with Crippen molar-refractivity contribution >= 4 is 10.0 Å². The van der Waals surface area contributed by atoms with Crippen molar-refractivity contribution in [2.75, 3.05) is 19.3 Å². The zero-order chi connectivity index (χ0) is 18.2. The maximum atomic E-state index is 12.6. The Morgan fingerprint density at radius 3 is 2.48 bits per heavy atom. The van der Waals surface area contributed by atoms with Gasteiger partial charge in [-0.1, -0.05) is 0 Å². The highest BCUT2D eigenvalue weighted by molar-refractivity contribution is 7.88. The highest BCUT2D eigenvalue weighted by Gasteiger charge is 2.31. The van der Waals surface area contributed by atoms with Gasteiger partial charge in [0.2, 0.25) is 21.8 Å². The molecule has 1 aliphatic rings. The van der Waals surface area contributed by atoms with Gasteiger partial charge in [0.05, 0.1) is 17.7 Å². The Morgan fingerprint density at radius 2 is 1.88 bits per heavy atom. The number of halogens is 3. The van der Waals surface area contributed by atoms with E-state index in [1.54, 1.807) is 0 Å². The average Bonchev–Trinajstić information content (AvgIpc) is 3.03. The molecule has 0 bridgehead atoms. The molecule has 6 nitrogen and oxygen atoms in total. The van der Waals surface area contributed by atoms with Crippen molar-refractivity contribution < 1.29 is 26.0 Å². The van der Waals surface area contributed by atoms with Crippen LogP contribution < -0.4 is 0 Å². The second-order valence-corrected chi connectivity index (χ2v) is 7.96. The lowest BCUT2D eigenvalue weighted by Gasteiger charge is -2.28. The smallest absolute Gasteiger partial charge is 0.416 e. The van der Waals surface area contributed by atoms with Crippen LogP contribution in [-0.2, 0) is 16.2 Å². The highest BCUT2D eigenvalue weighted by Crippen LogP contribution is 2.32. The van der Waals surface area contributed by atoms with Crippen LogP contribution in [0, 0.1) is 0 Å². The third kappa shape index (κ3) is 4.01. The average molecular weight is 375 g/mol. The fourth-order valence-electron chi connectivity index (χ4n) is 2.76. The first kappa shape index (κ1) is 17.9. The molecule has 10 heteroatoms. The van der Waals surface area contributed by atoms with Crippen LogP contribution in [0.1, 0.15) is 30.2 Å². The second-order valence-electron chi connectivity index (χ2n) is 5.98. The normalized spacial score (nSPS) is 19.9. The third-order valence-corrected chi connectivity index (χ3v) is 5.37. The van der Waals surface area contributed by atoms with E-state index in [0.717, 1.165) is 18.4 Å². The third-order valence-electron chi connectivity index (χ3n) is 4.10. The number of alkyl halides is 3. The summed E-state index contributed by atoms with van der Waals surface area (Å²) in [6.45, 7) is 0.711. The van der Waals surface area contributed by atoms with E-state index in [-0.39, 0.29) is 18.4 Å². The highest BCUT2D eigenvalue weighted by atomic mass is 32.2. The van der Waals surface area contributed by atoms with Crippen molar-refractivity contribution in [3.63, 3.8) is 0 Å². The summed E-state index contributed by atoms with van der Waals surface area (Å²) in [7, 11) is -3.29. The Bertz CT molecular complexity index is 847. The maximum Gasteiger partial charge on any atom is 0.416 e. The molecular weight excluding hydrogens is 359 g/mol. The van der Waals surface area contributed by atoms with E-state index in [0.29, 0.717) is 30.8 Å². The van der Waals surface area contributed by atoms with E-state index >= 15 is 0 Å². The van der Waals surface area contributed by atoms with Gasteiger partial charge in [-0.05, 0) is 37.1 Å². The van der Waals surface area contributed by atoms with Gasteiger partial charge >= 0.3 is 6.18 Å². The van der Waals surface area contributed by atoms with Gasteiger partial charge in [-0.15, -0.1) is 10.2 Å². The summed E-state index contributed by atoms with van der Waals surface area (Å²) in [5.74, 6) is 0.183. The molecule has 2 aromatic rings. The molecule has 25 heavy (non-hydrogen) atoms. The first-order chi connectivity index (χ1) is 11.6. The Morgan fingerprint density at radius 1 is 1.20 bits per heavy atom. The molecule has 3 rings (SSSR count). The predicted molar refractivity (Wildman–Crippen MR) is 83.1 cm³/mol. The maximum absolute atomic E-state index is 12.6. The Balaban J connectivity index is 1.78. The van der Waals surface area contributed by atoms with E-state index < -0.39 is 21.8 Å². The largest absolute Gasteiger partial charge is 0.420 e. The summed E-state index contributed by atoms with van der Waals surface area (Å²) in [6, 6.07) is 4.43. The molecule has 0 aliphatic carbocycles. The van der Waals surface area contributed by atoms with Gasteiger partial charge in [-0.3, -0.25) is 0 Å². The lowest BCUT2D eigenvalue weighted by molar-refractivity contribution is -0.137. The molecule has 1 aliphatic heterocycles. The van der Waals surface area contributed by atoms with E-state index in [9.17, 15) is 21.6 Å². The topological polar surface area (TPSA) is 76.3 Å². The molecule has 136 valence electrons. The SMILES string of the molecule is CS(=O)(=O)N1CCCC(c2nnc(-c3ccc(C(F)(F)F)cc3)o2)C1. The lowest BCUT2D eigenvalue weighted by atomic mass is 10.00. The molecular formula is C15H16F3N3O3S. The number of aromatic nitrogens is 2. The van der Waals surface area contributed by atoms with Crippen LogP contribution in [0.2, 0.25) is 0 Å². The quantitative estimate of drug-likeness (QED) is 0.825. The predicted octanol–water partition coefficient (Wildman–Crippen LogP) is 2.89. The number of benzene rings is 1. The van der Waals surface area contributed by atoms with Crippen molar-refractivity contribution in [3.05, 3.63) is 35.7 Å². The first-order valence-electron chi connectivity index (χ1n) is 7.61. The molecule has 1 saturated heterocycles. The number of rotatable bonds is 3. The molecule has 0 N–H and O–H groups in total. The fourth-order valence-corrected chi connectivity index (χ4v) is 3.67. The molecule has 0 saturated carbocycles. The molecule has 0 radical (unpaired) electrons. The minimum Gasteiger partial charge on any atom is -0.420 e. The molecule has 2 heterocycles. The van der Waals surface area contributed by atoms with Gasteiger partial charge in [0.25, 0.3) is 0 Å². The molecule has 1 aromatic carbocycles. The van der Waals surface area contributed by atoms with Crippen molar-refractivity contribution in [1.82, 2.24) is 14.5 Å². The van der Waals surface area contributed by atoms with Gasteiger partial charge in [-0.2, -0.15) is 13.2 Å². The van der Waals surface area contributed by atoms with Crippen molar-refractivity contribution in [3.8, 4) is 11.5 Å². The van der Waals surface area contributed by atoms with Crippen LogP contribution in [0.3, 0.4) is 0 Å². The summed E-state index contributed by atoms with van der Waals surface area (Å²) in [4.78, 5) is 0. The summed E-state index contributed by atoms with van der Waals surface area (Å²) in [5, 5.41) is 7.82. The molecule has 1 unspecified atom stereocenters. The first-order valence-corrected chi connectivity index (χ1v) is 9.45. The monoisotopic (exact) mass is 375 g/mol. The van der Waals surface area contributed by atoms with E-state index in [4.69, 9.17) is 4.42 Å². The zero-order valence-electron chi connectivity index (χ0n) is 13.3. The van der Waals surface area contributed by atoms with Gasteiger partial charge in [0.1, 0.15) is 0 Å². The van der Waals surface area contributed by atoms with Crippen LogP contribution in [0.15, 0.2) is 28.7 Å². The number of piperidine rings is 1. The van der Waals surface area contributed by atoms with E-state index in [1.165, 1.54) is 16.4 Å². The molecule has 1 aromatic heterocycles. The summed E-state index contributed by atoms with van der Waals surface area (Å²) in [6.07, 6.45) is -1.87. The minimum absolute atomic E-state index is 0.111. The molecule has 1 fully saturated rings. The Labute approximate surface area is 142 Å². The summed E-state index contributed by atoms with van der Waals surface area (Å²) < 4.78 is 68.1. The van der Waals surface area contributed by atoms with Gasteiger partial charge in [0.15, 0.2) is 0 Å². The van der Waals surface area contributed by atoms with Crippen LogP contribution in [0.4, 0.5) is 13.2 Å². The molecule has 0 spiro atoms. The number of nitrogens with zero attached hydrogens (tertiary/aromatic N) is 3. The van der Waals surface area contributed by atoms with E-state index in [1.807, 2.05) is 0 Å². The number of sulfonamides is 1. The van der Waals surface area contributed by atoms with Crippen LogP contribution in [0.5, 0.6) is 0 Å². The molecule has 1 atom stereocenters. The minimum atomic E-state index is -4.41. The van der Waals surface area contributed by atoms with Crippen molar-refractivity contribution in [1.29, 1.82) is 0 Å². The van der Waals surface area contributed by atoms with Gasteiger partial charge < -0.3 is 4.42 Å². The fraction of sp³-hybridized carbons (Fsp3) is 0.467. The standard InChI is InChI=1S/C15H16F3N3O3S/c1-25(22,23)21-8-2-3-11(9-21)14-20-19-13(24-14)10-4-6-12(7-5-10)15(16,17)18/h4-7,11H,2-3,8-9H2,1H3. The van der Waals surface area contributed by atoms with E-state index in [2.05, 4.69) is 10.2 Å². The number of hydrogen-bond acceptors (Lipinski definition) is 5. The van der Waals surface area contributed by atoms with Crippen molar-refractivity contribution in [2.24, 2.45) is 0 Å². The number of hydrogen-bond donors (Lipinski definition) is 0. The van der Waals surface area contributed by atoms with Crippen LogP contribution in [0.25, 0.3) is 11.5 Å².